The van der Waals surface area contributed by atoms with Crippen LogP contribution in [0, 0.1) is 6.92 Å². The molecule has 1 amide bonds. The summed E-state index contributed by atoms with van der Waals surface area (Å²) in [5.74, 6) is -1.27. The third kappa shape index (κ3) is 4.22. The van der Waals surface area contributed by atoms with Crippen molar-refractivity contribution in [2.24, 2.45) is 5.10 Å². The zero-order valence-corrected chi connectivity index (χ0v) is 16.5. The molecule has 0 radical (unpaired) electrons. The van der Waals surface area contributed by atoms with E-state index < -0.39 is 5.97 Å². The first kappa shape index (κ1) is 19.4. The molecule has 150 valence electrons. The number of carbonyl (C=O) groups is 2. The summed E-state index contributed by atoms with van der Waals surface area (Å²) in [6.45, 7) is 3.66. The normalized spacial score (nSPS) is 12.8. The second kappa shape index (κ2) is 8.21. The monoisotopic (exact) mass is 399 g/mol. The molecular weight excluding hydrogens is 378 g/mol. The Morgan fingerprint density at radius 3 is 2.30 bits per heavy atom. The van der Waals surface area contributed by atoms with Crippen molar-refractivity contribution in [2.45, 2.75) is 20.0 Å². The van der Waals surface area contributed by atoms with Gasteiger partial charge in [-0.1, -0.05) is 35.9 Å². The van der Waals surface area contributed by atoms with Crippen LogP contribution in [0.4, 0.5) is 5.69 Å². The SMILES string of the molecule is Cc1ccc(N2Cc3ccc(C(=O)N/N=C/c4ccc(C(=O)O)cc4)cc3C2)cc1. The maximum absolute atomic E-state index is 12.5. The van der Waals surface area contributed by atoms with Crippen molar-refractivity contribution < 1.29 is 14.7 Å². The standard InChI is InChI=1S/C24H21N3O3/c1-16-2-10-22(11-3-16)27-14-20-9-8-19(12-21(20)15-27)23(28)26-25-13-17-4-6-18(7-5-17)24(29)30/h2-13H,14-15H2,1H3,(H,26,28)(H,29,30)/b25-13+. The van der Waals surface area contributed by atoms with Crippen molar-refractivity contribution in [3.63, 3.8) is 0 Å². The number of anilines is 1. The number of carboxylic acid groups (broad SMARTS) is 1. The van der Waals surface area contributed by atoms with Gasteiger partial charge < -0.3 is 10.0 Å². The van der Waals surface area contributed by atoms with E-state index in [-0.39, 0.29) is 11.5 Å². The van der Waals surface area contributed by atoms with E-state index in [1.165, 1.54) is 35.2 Å². The molecule has 0 aliphatic carbocycles. The second-order valence-corrected chi connectivity index (χ2v) is 7.30. The number of carbonyl (C=O) groups excluding carboxylic acids is 1. The first-order valence-corrected chi connectivity index (χ1v) is 9.60. The van der Waals surface area contributed by atoms with Gasteiger partial charge in [0.15, 0.2) is 0 Å². The lowest BCUT2D eigenvalue weighted by Gasteiger charge is -2.17. The molecule has 0 saturated carbocycles. The smallest absolute Gasteiger partial charge is 0.335 e. The van der Waals surface area contributed by atoms with Gasteiger partial charge in [0.2, 0.25) is 0 Å². The molecule has 0 spiro atoms. The number of amides is 1. The van der Waals surface area contributed by atoms with E-state index in [0.717, 1.165) is 18.7 Å². The van der Waals surface area contributed by atoms with E-state index in [0.29, 0.717) is 11.1 Å². The average Bonchev–Trinajstić information content (AvgIpc) is 3.18. The van der Waals surface area contributed by atoms with Gasteiger partial charge in [0, 0.05) is 24.3 Å². The van der Waals surface area contributed by atoms with Crippen LogP contribution in [0.3, 0.4) is 0 Å². The van der Waals surface area contributed by atoms with Crippen molar-refractivity contribution >= 4 is 23.8 Å². The number of aryl methyl sites for hydroxylation is 1. The molecule has 2 N–H and O–H groups in total. The first-order valence-electron chi connectivity index (χ1n) is 9.60. The van der Waals surface area contributed by atoms with Gasteiger partial charge in [-0.25, -0.2) is 10.2 Å². The minimum absolute atomic E-state index is 0.203. The van der Waals surface area contributed by atoms with Crippen LogP contribution in [0.2, 0.25) is 0 Å². The van der Waals surface area contributed by atoms with Gasteiger partial charge >= 0.3 is 5.97 Å². The van der Waals surface area contributed by atoms with E-state index in [2.05, 4.69) is 46.6 Å². The van der Waals surface area contributed by atoms with Crippen LogP contribution in [0.15, 0.2) is 71.8 Å². The lowest BCUT2D eigenvalue weighted by atomic mass is 10.1. The maximum Gasteiger partial charge on any atom is 0.335 e. The highest BCUT2D eigenvalue weighted by Gasteiger charge is 2.20. The quantitative estimate of drug-likeness (QED) is 0.502. The van der Waals surface area contributed by atoms with E-state index in [1.54, 1.807) is 12.1 Å². The number of nitrogens with one attached hydrogen (secondary N) is 1. The topological polar surface area (TPSA) is 82.0 Å². The van der Waals surface area contributed by atoms with Gasteiger partial charge in [0.1, 0.15) is 0 Å². The zero-order valence-electron chi connectivity index (χ0n) is 16.5. The number of aromatic carboxylic acids is 1. The Labute approximate surface area is 174 Å². The summed E-state index contributed by atoms with van der Waals surface area (Å²) in [7, 11) is 0. The van der Waals surface area contributed by atoms with Crippen LogP contribution in [0.25, 0.3) is 0 Å². The molecule has 1 heterocycles. The molecular formula is C24H21N3O3. The Bertz CT molecular complexity index is 1120. The van der Waals surface area contributed by atoms with Crippen LogP contribution < -0.4 is 10.3 Å². The predicted molar refractivity (Wildman–Crippen MR) is 116 cm³/mol. The highest BCUT2D eigenvalue weighted by Crippen LogP contribution is 2.29. The van der Waals surface area contributed by atoms with Crippen LogP contribution in [0.1, 0.15) is 43.0 Å². The Morgan fingerprint density at radius 2 is 1.60 bits per heavy atom. The summed E-state index contributed by atoms with van der Waals surface area (Å²) < 4.78 is 0. The van der Waals surface area contributed by atoms with Crippen molar-refractivity contribution in [2.75, 3.05) is 4.90 Å². The molecule has 0 saturated heterocycles. The zero-order chi connectivity index (χ0) is 21.1. The molecule has 4 rings (SSSR count). The molecule has 30 heavy (non-hydrogen) atoms. The van der Waals surface area contributed by atoms with E-state index in [4.69, 9.17) is 5.11 Å². The maximum atomic E-state index is 12.5. The van der Waals surface area contributed by atoms with Crippen LogP contribution in [-0.4, -0.2) is 23.2 Å². The lowest BCUT2D eigenvalue weighted by molar-refractivity contribution is 0.0696. The Morgan fingerprint density at radius 1 is 0.933 bits per heavy atom. The van der Waals surface area contributed by atoms with Crippen molar-refractivity contribution in [3.05, 3.63) is 100 Å². The molecule has 0 fully saturated rings. The van der Waals surface area contributed by atoms with E-state index in [1.807, 2.05) is 18.2 Å². The predicted octanol–water partition coefficient (Wildman–Crippen LogP) is 3.98. The summed E-state index contributed by atoms with van der Waals surface area (Å²) in [5, 5.41) is 12.9. The number of nitrogens with zero attached hydrogens (tertiary/aromatic N) is 2. The fourth-order valence-electron chi connectivity index (χ4n) is 3.42. The number of fused-ring (bicyclic) bond motifs is 1. The number of hydrogen-bond donors (Lipinski definition) is 2. The Kier molecular flexibility index (Phi) is 5.30. The first-order chi connectivity index (χ1) is 14.5. The van der Waals surface area contributed by atoms with Crippen molar-refractivity contribution in [1.29, 1.82) is 0 Å². The summed E-state index contributed by atoms with van der Waals surface area (Å²) >= 11 is 0. The lowest BCUT2D eigenvalue weighted by Crippen LogP contribution is -2.18. The summed E-state index contributed by atoms with van der Waals surface area (Å²) in [6, 6.07) is 20.4. The molecule has 6 heteroatoms. The second-order valence-electron chi connectivity index (χ2n) is 7.30. The van der Waals surface area contributed by atoms with Crippen LogP contribution in [0.5, 0.6) is 0 Å². The molecule has 1 aliphatic heterocycles. The fraction of sp³-hybridized carbons (Fsp3) is 0.125. The molecule has 1 aliphatic rings. The molecule has 6 nitrogen and oxygen atoms in total. The minimum atomic E-state index is -0.982. The molecule has 0 aromatic heterocycles. The van der Waals surface area contributed by atoms with Gasteiger partial charge in [-0.15, -0.1) is 0 Å². The van der Waals surface area contributed by atoms with Gasteiger partial charge in [0.05, 0.1) is 11.8 Å². The fourth-order valence-corrected chi connectivity index (χ4v) is 3.42. The largest absolute Gasteiger partial charge is 0.478 e. The molecule has 3 aromatic rings. The number of rotatable bonds is 5. The van der Waals surface area contributed by atoms with Gasteiger partial charge in [0.25, 0.3) is 5.91 Å². The highest BCUT2D eigenvalue weighted by atomic mass is 16.4. The summed E-state index contributed by atoms with van der Waals surface area (Å²) in [4.78, 5) is 25.6. The number of hydrogen-bond acceptors (Lipinski definition) is 4. The summed E-state index contributed by atoms with van der Waals surface area (Å²) in [6.07, 6.45) is 1.48. The third-order valence-corrected chi connectivity index (χ3v) is 5.13. The van der Waals surface area contributed by atoms with E-state index >= 15 is 0 Å². The average molecular weight is 399 g/mol. The molecule has 0 unspecified atom stereocenters. The van der Waals surface area contributed by atoms with Gasteiger partial charge in [-0.05, 0) is 60.0 Å². The number of carboxylic acids is 1. The molecule has 0 atom stereocenters. The Hall–Kier alpha value is -3.93. The molecule has 3 aromatic carbocycles. The Balaban J connectivity index is 1.40. The van der Waals surface area contributed by atoms with Crippen LogP contribution in [-0.2, 0) is 13.1 Å². The van der Waals surface area contributed by atoms with Gasteiger partial charge in [-0.3, -0.25) is 4.79 Å². The highest BCUT2D eigenvalue weighted by molar-refractivity contribution is 5.95. The van der Waals surface area contributed by atoms with Crippen molar-refractivity contribution in [1.82, 2.24) is 5.43 Å². The summed E-state index contributed by atoms with van der Waals surface area (Å²) in [5.41, 5.74) is 8.73. The van der Waals surface area contributed by atoms with E-state index in [9.17, 15) is 9.59 Å². The van der Waals surface area contributed by atoms with Gasteiger partial charge in [-0.2, -0.15) is 5.10 Å². The van der Waals surface area contributed by atoms with Crippen LogP contribution >= 0.6 is 0 Å². The number of benzene rings is 3. The third-order valence-electron chi connectivity index (χ3n) is 5.13. The molecule has 0 bridgehead atoms. The van der Waals surface area contributed by atoms with Crippen molar-refractivity contribution in [3.8, 4) is 0 Å². The minimum Gasteiger partial charge on any atom is -0.478 e. The number of hydrazone groups is 1.